The predicted molar refractivity (Wildman–Crippen MR) is 83.7 cm³/mol. The Balaban J connectivity index is 1.66. The molecule has 2 amide bonds. The third-order valence-electron chi connectivity index (χ3n) is 4.86. The summed E-state index contributed by atoms with van der Waals surface area (Å²) in [7, 11) is 0. The maximum absolute atomic E-state index is 12.7. The van der Waals surface area contributed by atoms with Crippen molar-refractivity contribution in [3.63, 3.8) is 0 Å². The number of aromatic nitrogens is 2. The highest BCUT2D eigenvalue weighted by atomic mass is 16.5. The van der Waals surface area contributed by atoms with Gasteiger partial charge in [0.25, 0.3) is 0 Å². The van der Waals surface area contributed by atoms with E-state index in [1.165, 1.54) is 12.8 Å². The highest BCUT2D eigenvalue weighted by Gasteiger charge is 2.32. The van der Waals surface area contributed by atoms with E-state index in [1.807, 2.05) is 28.0 Å². The summed E-state index contributed by atoms with van der Waals surface area (Å²) in [6, 6.07) is 2.64. The van der Waals surface area contributed by atoms with E-state index < -0.39 is 0 Å². The number of ether oxygens (including phenoxy) is 1. The molecule has 6 nitrogen and oxygen atoms in total. The van der Waals surface area contributed by atoms with E-state index in [4.69, 9.17) is 4.74 Å². The highest BCUT2D eigenvalue weighted by molar-refractivity contribution is 5.75. The van der Waals surface area contributed by atoms with Crippen molar-refractivity contribution >= 4 is 6.03 Å². The van der Waals surface area contributed by atoms with Gasteiger partial charge < -0.3 is 15.0 Å². The molecule has 1 aliphatic heterocycles. The van der Waals surface area contributed by atoms with Crippen molar-refractivity contribution in [2.45, 2.75) is 57.2 Å². The van der Waals surface area contributed by atoms with Gasteiger partial charge in [0.2, 0.25) is 0 Å². The normalized spacial score (nSPS) is 29.3. The Morgan fingerprint density at radius 1 is 1.41 bits per heavy atom. The molecule has 3 rings (SSSR count). The van der Waals surface area contributed by atoms with Gasteiger partial charge in [0, 0.05) is 18.9 Å². The van der Waals surface area contributed by atoms with Crippen LogP contribution >= 0.6 is 0 Å². The van der Waals surface area contributed by atoms with E-state index in [-0.39, 0.29) is 24.2 Å². The molecule has 1 N–H and O–H groups in total. The Labute approximate surface area is 131 Å². The van der Waals surface area contributed by atoms with Crippen molar-refractivity contribution < 1.29 is 9.53 Å². The summed E-state index contributed by atoms with van der Waals surface area (Å²) in [6.07, 6.45) is 9.21. The fourth-order valence-electron chi connectivity index (χ4n) is 3.58. The number of carbonyl (C=O) groups is 1. The Bertz CT molecular complexity index is 477. The van der Waals surface area contributed by atoms with Crippen LogP contribution in [0, 0.1) is 0 Å². The quantitative estimate of drug-likeness (QED) is 0.931. The molecule has 1 saturated heterocycles. The van der Waals surface area contributed by atoms with E-state index in [0.717, 1.165) is 19.3 Å². The number of hydrogen-bond acceptors (Lipinski definition) is 3. The monoisotopic (exact) mass is 306 g/mol. The molecule has 0 aromatic carbocycles. The summed E-state index contributed by atoms with van der Waals surface area (Å²) in [5.74, 6) is 0. The molecule has 122 valence electrons. The van der Waals surface area contributed by atoms with Crippen LogP contribution in [0.4, 0.5) is 4.79 Å². The Hall–Kier alpha value is -1.56. The van der Waals surface area contributed by atoms with Gasteiger partial charge in [0.05, 0.1) is 31.3 Å². The molecular formula is C16H26N4O2. The molecule has 0 unspecified atom stereocenters. The second kappa shape index (κ2) is 7.13. The van der Waals surface area contributed by atoms with Crippen LogP contribution in [0.1, 0.15) is 45.1 Å². The lowest BCUT2D eigenvalue weighted by Crippen LogP contribution is -2.55. The molecule has 22 heavy (non-hydrogen) atoms. The summed E-state index contributed by atoms with van der Waals surface area (Å²) >= 11 is 0. The first-order valence-corrected chi connectivity index (χ1v) is 8.43. The Morgan fingerprint density at radius 3 is 3.05 bits per heavy atom. The molecular weight excluding hydrogens is 280 g/mol. The standard InChI is InChI=1S/C16H26N4O2/c1-2-13-12-22-11-10-19(13)16(21)18-14-6-3-4-7-15(14)20-9-5-8-17-20/h5,8-9,13-15H,2-4,6-7,10-12H2,1H3,(H,18,21)/t13-,14-,15-/m1/s1. The van der Waals surface area contributed by atoms with Gasteiger partial charge in [-0.15, -0.1) is 0 Å². The number of carbonyl (C=O) groups excluding carboxylic acids is 1. The smallest absolute Gasteiger partial charge is 0.318 e. The molecule has 0 spiro atoms. The number of morpholine rings is 1. The fraction of sp³-hybridized carbons (Fsp3) is 0.750. The number of nitrogens with one attached hydrogen (secondary N) is 1. The van der Waals surface area contributed by atoms with Crippen LogP contribution in [0.25, 0.3) is 0 Å². The van der Waals surface area contributed by atoms with Gasteiger partial charge >= 0.3 is 6.03 Å². The van der Waals surface area contributed by atoms with Crippen LogP contribution in [0.15, 0.2) is 18.5 Å². The second-order valence-corrected chi connectivity index (χ2v) is 6.22. The third-order valence-corrected chi connectivity index (χ3v) is 4.86. The Morgan fingerprint density at radius 2 is 2.27 bits per heavy atom. The molecule has 0 bridgehead atoms. The third kappa shape index (κ3) is 3.27. The maximum atomic E-state index is 12.7. The zero-order chi connectivity index (χ0) is 15.4. The first-order chi connectivity index (χ1) is 10.8. The van der Waals surface area contributed by atoms with Gasteiger partial charge in [-0.1, -0.05) is 19.8 Å². The first kappa shape index (κ1) is 15.3. The van der Waals surface area contributed by atoms with Crippen LogP contribution in [0.3, 0.4) is 0 Å². The summed E-state index contributed by atoms with van der Waals surface area (Å²) in [6.45, 7) is 4.07. The van der Waals surface area contributed by atoms with E-state index in [2.05, 4.69) is 17.3 Å². The largest absolute Gasteiger partial charge is 0.377 e. The zero-order valence-electron chi connectivity index (χ0n) is 13.3. The maximum Gasteiger partial charge on any atom is 0.318 e. The minimum absolute atomic E-state index is 0.0548. The van der Waals surface area contributed by atoms with Crippen molar-refractivity contribution in [3.05, 3.63) is 18.5 Å². The number of hydrogen-bond donors (Lipinski definition) is 1. The van der Waals surface area contributed by atoms with Crippen molar-refractivity contribution in [1.29, 1.82) is 0 Å². The van der Waals surface area contributed by atoms with Crippen LogP contribution in [0.5, 0.6) is 0 Å². The average Bonchev–Trinajstić information content (AvgIpc) is 3.09. The lowest BCUT2D eigenvalue weighted by molar-refractivity contribution is 0.00989. The van der Waals surface area contributed by atoms with Gasteiger partial charge in [0.15, 0.2) is 0 Å². The van der Waals surface area contributed by atoms with E-state index in [9.17, 15) is 4.79 Å². The van der Waals surface area contributed by atoms with Crippen LogP contribution < -0.4 is 5.32 Å². The predicted octanol–water partition coefficient (Wildman–Crippen LogP) is 2.19. The molecule has 1 aliphatic carbocycles. The number of rotatable bonds is 3. The Kier molecular flexibility index (Phi) is 4.97. The average molecular weight is 306 g/mol. The zero-order valence-corrected chi connectivity index (χ0v) is 13.3. The molecule has 0 radical (unpaired) electrons. The first-order valence-electron chi connectivity index (χ1n) is 8.43. The van der Waals surface area contributed by atoms with Crippen molar-refractivity contribution in [1.82, 2.24) is 20.0 Å². The molecule has 6 heteroatoms. The fourth-order valence-corrected chi connectivity index (χ4v) is 3.58. The second-order valence-electron chi connectivity index (χ2n) is 6.22. The molecule has 3 atom stereocenters. The topological polar surface area (TPSA) is 59.4 Å². The summed E-state index contributed by atoms with van der Waals surface area (Å²) in [4.78, 5) is 14.6. The van der Waals surface area contributed by atoms with Gasteiger partial charge in [-0.2, -0.15) is 5.10 Å². The lowest BCUT2D eigenvalue weighted by atomic mass is 9.90. The van der Waals surface area contributed by atoms with Gasteiger partial charge in [-0.05, 0) is 25.3 Å². The van der Waals surface area contributed by atoms with Crippen molar-refractivity contribution in [2.24, 2.45) is 0 Å². The van der Waals surface area contributed by atoms with E-state index in [0.29, 0.717) is 19.8 Å². The van der Waals surface area contributed by atoms with E-state index >= 15 is 0 Å². The molecule has 1 aromatic rings. The van der Waals surface area contributed by atoms with Crippen LogP contribution in [-0.2, 0) is 4.74 Å². The number of urea groups is 1. The molecule has 1 saturated carbocycles. The number of nitrogens with zero attached hydrogens (tertiary/aromatic N) is 3. The molecule has 1 aromatic heterocycles. The molecule has 2 heterocycles. The molecule has 2 aliphatic rings. The van der Waals surface area contributed by atoms with Gasteiger partial charge in [-0.25, -0.2) is 4.79 Å². The minimum atomic E-state index is 0.0548. The molecule has 2 fully saturated rings. The summed E-state index contributed by atoms with van der Waals surface area (Å²) < 4.78 is 7.49. The SMILES string of the molecule is CC[C@@H]1COCCN1C(=O)N[C@@H]1CCCC[C@H]1n1cccn1. The summed E-state index contributed by atoms with van der Waals surface area (Å²) in [5, 5.41) is 7.63. The minimum Gasteiger partial charge on any atom is -0.377 e. The van der Waals surface area contributed by atoms with Crippen LogP contribution in [-0.4, -0.2) is 52.6 Å². The van der Waals surface area contributed by atoms with Crippen molar-refractivity contribution in [3.8, 4) is 0 Å². The summed E-state index contributed by atoms with van der Waals surface area (Å²) in [5.41, 5.74) is 0. The highest BCUT2D eigenvalue weighted by Crippen LogP contribution is 2.28. The number of amides is 2. The van der Waals surface area contributed by atoms with Gasteiger partial charge in [0.1, 0.15) is 0 Å². The lowest BCUT2D eigenvalue weighted by Gasteiger charge is -2.38. The van der Waals surface area contributed by atoms with Crippen LogP contribution in [0.2, 0.25) is 0 Å². The van der Waals surface area contributed by atoms with Gasteiger partial charge in [-0.3, -0.25) is 4.68 Å². The van der Waals surface area contributed by atoms with Crippen molar-refractivity contribution in [2.75, 3.05) is 19.8 Å². The van der Waals surface area contributed by atoms with E-state index in [1.54, 1.807) is 0 Å².